The van der Waals surface area contributed by atoms with Crippen LogP contribution in [0.2, 0.25) is 0 Å². The van der Waals surface area contributed by atoms with Gasteiger partial charge in [0.2, 0.25) is 0 Å². The molecule has 1 atom stereocenters. The van der Waals surface area contributed by atoms with E-state index in [1.165, 1.54) is 14.2 Å². The van der Waals surface area contributed by atoms with Crippen LogP contribution in [-0.4, -0.2) is 14.2 Å². The number of nitriles is 2. The first-order valence-electron chi connectivity index (χ1n) is 5.29. The lowest BCUT2D eigenvalue weighted by Crippen LogP contribution is -2.13. The number of hydrogen-bond acceptors (Lipinski definition) is 5. The number of benzene rings is 1. The molecule has 0 fully saturated rings. The molecule has 100 valence electrons. The van der Waals surface area contributed by atoms with E-state index in [0.29, 0.717) is 10.0 Å². The van der Waals surface area contributed by atoms with E-state index in [4.69, 9.17) is 19.6 Å². The zero-order chi connectivity index (χ0) is 14.5. The zero-order valence-corrected chi connectivity index (χ0v) is 12.9. The van der Waals surface area contributed by atoms with Gasteiger partial charge in [-0.3, -0.25) is 4.57 Å². The molecule has 0 saturated heterocycles. The molecule has 7 heteroatoms. The summed E-state index contributed by atoms with van der Waals surface area (Å²) in [6, 6.07) is 10.6. The van der Waals surface area contributed by atoms with E-state index in [1.807, 2.05) is 12.1 Å². The average molecular weight is 343 g/mol. The average Bonchev–Trinajstić information content (AvgIpc) is 2.45. The molecule has 0 aliphatic heterocycles. The van der Waals surface area contributed by atoms with Crippen LogP contribution in [0.3, 0.4) is 0 Å². The standard InChI is InChI=1S/C12H12BrN2O3P/c1-17-19(16,18-2)12(9(7-14)8-15)10-5-3-4-6-11(10)13/h3-6,9,12H,1-2H3. The Bertz CT molecular complexity index is 557. The predicted octanol–water partition coefficient (Wildman–Crippen LogP) is 3.64. The van der Waals surface area contributed by atoms with Crippen molar-refractivity contribution < 1.29 is 13.6 Å². The third-order valence-corrected chi connectivity index (χ3v) is 5.67. The monoisotopic (exact) mass is 342 g/mol. The summed E-state index contributed by atoms with van der Waals surface area (Å²) >= 11 is 3.32. The number of rotatable bonds is 5. The Balaban J connectivity index is 3.46. The Morgan fingerprint density at radius 2 is 1.74 bits per heavy atom. The van der Waals surface area contributed by atoms with Gasteiger partial charge >= 0.3 is 7.60 Å². The largest absolute Gasteiger partial charge is 0.339 e. The van der Waals surface area contributed by atoms with Crippen molar-refractivity contribution in [1.29, 1.82) is 10.5 Å². The molecule has 0 N–H and O–H groups in total. The lowest BCUT2D eigenvalue weighted by molar-refractivity contribution is 0.262. The fourth-order valence-corrected chi connectivity index (χ4v) is 4.10. The molecule has 0 radical (unpaired) electrons. The van der Waals surface area contributed by atoms with Gasteiger partial charge in [0.25, 0.3) is 0 Å². The van der Waals surface area contributed by atoms with E-state index in [1.54, 1.807) is 24.3 Å². The fourth-order valence-electron chi connectivity index (χ4n) is 1.72. The van der Waals surface area contributed by atoms with Crippen molar-refractivity contribution in [2.24, 2.45) is 5.92 Å². The second-order valence-corrected chi connectivity index (χ2v) is 6.83. The predicted molar refractivity (Wildman–Crippen MR) is 73.2 cm³/mol. The maximum absolute atomic E-state index is 12.6. The van der Waals surface area contributed by atoms with Gasteiger partial charge in [0.1, 0.15) is 5.66 Å². The molecule has 19 heavy (non-hydrogen) atoms. The lowest BCUT2D eigenvalue weighted by atomic mass is 10.0. The zero-order valence-electron chi connectivity index (χ0n) is 10.4. The van der Waals surface area contributed by atoms with Crippen molar-refractivity contribution in [3.8, 4) is 12.1 Å². The molecule has 0 heterocycles. The van der Waals surface area contributed by atoms with Crippen molar-refractivity contribution in [2.45, 2.75) is 5.66 Å². The molecule has 0 bridgehead atoms. The van der Waals surface area contributed by atoms with Gasteiger partial charge in [-0.1, -0.05) is 34.1 Å². The van der Waals surface area contributed by atoms with Gasteiger partial charge < -0.3 is 9.05 Å². The Kier molecular flexibility index (Phi) is 5.72. The number of hydrogen-bond donors (Lipinski definition) is 0. The van der Waals surface area contributed by atoms with Crippen molar-refractivity contribution in [3.05, 3.63) is 34.3 Å². The van der Waals surface area contributed by atoms with Crippen LogP contribution in [0.15, 0.2) is 28.7 Å². The van der Waals surface area contributed by atoms with Crippen molar-refractivity contribution in [3.63, 3.8) is 0 Å². The highest BCUT2D eigenvalue weighted by molar-refractivity contribution is 9.10. The topological polar surface area (TPSA) is 83.1 Å². The van der Waals surface area contributed by atoms with Crippen molar-refractivity contribution in [2.75, 3.05) is 14.2 Å². The molecule has 0 spiro atoms. The summed E-state index contributed by atoms with van der Waals surface area (Å²) in [7, 11) is -1.13. The molecule has 0 aliphatic carbocycles. The summed E-state index contributed by atoms with van der Waals surface area (Å²) in [5.74, 6) is -1.13. The second-order valence-electron chi connectivity index (χ2n) is 3.61. The molecule has 0 saturated carbocycles. The van der Waals surface area contributed by atoms with Gasteiger partial charge in [-0.2, -0.15) is 10.5 Å². The summed E-state index contributed by atoms with van der Waals surface area (Å²) in [6.45, 7) is 0. The summed E-state index contributed by atoms with van der Waals surface area (Å²) in [6.07, 6.45) is 0. The molecule has 5 nitrogen and oxygen atoms in total. The van der Waals surface area contributed by atoms with Crippen LogP contribution < -0.4 is 0 Å². The van der Waals surface area contributed by atoms with Gasteiger partial charge in [-0.15, -0.1) is 0 Å². The Morgan fingerprint density at radius 1 is 1.21 bits per heavy atom. The number of nitrogens with zero attached hydrogens (tertiary/aromatic N) is 2. The van der Waals surface area contributed by atoms with Crippen molar-refractivity contribution >= 4 is 23.5 Å². The van der Waals surface area contributed by atoms with Crippen LogP contribution in [-0.2, 0) is 13.6 Å². The van der Waals surface area contributed by atoms with Gasteiger partial charge in [0.05, 0.1) is 12.1 Å². The van der Waals surface area contributed by atoms with Crippen molar-refractivity contribution in [1.82, 2.24) is 0 Å². The molecular weight excluding hydrogens is 331 g/mol. The van der Waals surface area contributed by atoms with E-state index in [-0.39, 0.29) is 0 Å². The van der Waals surface area contributed by atoms with Crippen LogP contribution in [0.5, 0.6) is 0 Å². The maximum Gasteiger partial charge on any atom is 0.339 e. The van der Waals surface area contributed by atoms with Gasteiger partial charge in [-0.25, -0.2) is 0 Å². The highest BCUT2D eigenvalue weighted by atomic mass is 79.9. The third kappa shape index (κ3) is 3.23. The minimum absolute atomic E-state index is 0.544. The smallest absolute Gasteiger partial charge is 0.311 e. The fraction of sp³-hybridized carbons (Fsp3) is 0.333. The quantitative estimate of drug-likeness (QED) is 0.762. The van der Waals surface area contributed by atoms with E-state index < -0.39 is 19.2 Å². The maximum atomic E-state index is 12.6. The van der Waals surface area contributed by atoms with E-state index >= 15 is 0 Å². The highest BCUT2D eigenvalue weighted by Gasteiger charge is 2.42. The minimum atomic E-state index is -3.60. The van der Waals surface area contributed by atoms with Gasteiger partial charge in [0.15, 0.2) is 5.92 Å². The van der Waals surface area contributed by atoms with Gasteiger partial charge in [0, 0.05) is 18.7 Å². The second kappa shape index (κ2) is 6.84. The van der Waals surface area contributed by atoms with Crippen LogP contribution in [0, 0.1) is 28.6 Å². The molecule has 0 aliphatic rings. The summed E-state index contributed by atoms with van der Waals surface area (Å²) in [5.41, 5.74) is -0.421. The van der Waals surface area contributed by atoms with E-state index in [0.717, 1.165) is 0 Å². The molecule has 0 amide bonds. The van der Waals surface area contributed by atoms with Crippen LogP contribution >= 0.6 is 23.5 Å². The summed E-state index contributed by atoms with van der Waals surface area (Å²) in [4.78, 5) is 0. The normalized spacial score (nSPS) is 12.7. The lowest BCUT2D eigenvalue weighted by Gasteiger charge is -2.25. The first-order chi connectivity index (χ1) is 9.03. The Hall–Kier alpha value is -1.17. The van der Waals surface area contributed by atoms with Gasteiger partial charge in [-0.05, 0) is 11.6 Å². The van der Waals surface area contributed by atoms with Crippen LogP contribution in [0.25, 0.3) is 0 Å². The van der Waals surface area contributed by atoms with E-state index in [9.17, 15) is 4.57 Å². The molecule has 1 rings (SSSR count). The molecule has 1 unspecified atom stereocenters. The Morgan fingerprint density at radius 3 is 2.16 bits per heavy atom. The first kappa shape index (κ1) is 15.9. The third-order valence-electron chi connectivity index (χ3n) is 2.67. The van der Waals surface area contributed by atoms with Crippen LogP contribution in [0.4, 0.5) is 0 Å². The molecule has 1 aromatic carbocycles. The first-order valence-corrected chi connectivity index (χ1v) is 7.69. The Labute approximate surface area is 120 Å². The summed E-state index contributed by atoms with van der Waals surface area (Å²) < 4.78 is 23.1. The summed E-state index contributed by atoms with van der Waals surface area (Å²) in [5, 5.41) is 18.2. The highest BCUT2D eigenvalue weighted by Crippen LogP contribution is 2.63. The molecular formula is C12H12BrN2O3P. The molecule has 0 aromatic heterocycles. The molecule has 1 aromatic rings. The van der Waals surface area contributed by atoms with E-state index in [2.05, 4.69) is 15.9 Å². The SMILES string of the molecule is COP(=O)(OC)C(c1ccccc1Br)C(C#N)C#N. The minimum Gasteiger partial charge on any atom is -0.311 e. The number of halogens is 1. The van der Waals surface area contributed by atoms with Crippen LogP contribution in [0.1, 0.15) is 11.2 Å².